The molecule has 1 heterocycles. The number of halogens is 3. The fraction of sp³-hybridized carbons (Fsp3) is 0.375. The third kappa shape index (κ3) is 4.27. The minimum Gasteiger partial charge on any atom is -0.327 e. The molecule has 0 saturated carbocycles. The summed E-state index contributed by atoms with van der Waals surface area (Å²) in [6.45, 7) is 4.27. The highest BCUT2D eigenvalue weighted by Gasteiger charge is 2.30. The number of carbonyl (C=O) groups is 1. The average Bonchev–Trinajstić information content (AvgIpc) is 2.83. The second-order valence-electron chi connectivity index (χ2n) is 5.59. The Bertz CT molecular complexity index is 688. The van der Waals surface area contributed by atoms with Gasteiger partial charge in [0.15, 0.2) is 0 Å². The number of aromatic nitrogens is 2. The molecule has 130 valence electrons. The minimum atomic E-state index is -4.39. The zero-order valence-corrected chi connectivity index (χ0v) is 13.7. The third-order valence-electron chi connectivity index (χ3n) is 3.79. The van der Waals surface area contributed by atoms with Crippen LogP contribution in [0.25, 0.3) is 0 Å². The lowest BCUT2D eigenvalue weighted by Gasteiger charge is -2.18. The maximum atomic E-state index is 12.5. The Morgan fingerprint density at radius 1 is 1.25 bits per heavy atom. The molecule has 0 fully saturated rings. The lowest BCUT2D eigenvalue weighted by Crippen LogP contribution is -2.33. The van der Waals surface area contributed by atoms with Crippen molar-refractivity contribution >= 4 is 11.7 Å². The number of likely N-dealkylation sites (N-methyl/N-ethyl adjacent to an activating group) is 1. The number of aryl methyl sites for hydroxylation is 2. The molecule has 1 aromatic heterocycles. The molecule has 0 atom stereocenters. The van der Waals surface area contributed by atoms with E-state index in [4.69, 9.17) is 0 Å². The number of H-pyrrole nitrogens is 1. The summed E-state index contributed by atoms with van der Waals surface area (Å²) in [7, 11) is 1.63. The molecule has 0 aliphatic rings. The number of aromatic amines is 1. The summed E-state index contributed by atoms with van der Waals surface area (Å²) < 4.78 is 37.5. The summed E-state index contributed by atoms with van der Waals surface area (Å²) in [6, 6.07) is 3.97. The van der Waals surface area contributed by atoms with Crippen molar-refractivity contribution < 1.29 is 18.0 Å². The number of rotatable bonds is 4. The smallest absolute Gasteiger partial charge is 0.327 e. The van der Waals surface area contributed by atoms with Gasteiger partial charge in [-0.3, -0.25) is 5.10 Å². The Morgan fingerprint density at radius 3 is 2.38 bits per heavy atom. The van der Waals surface area contributed by atoms with E-state index in [1.807, 2.05) is 13.8 Å². The third-order valence-corrected chi connectivity index (χ3v) is 3.79. The predicted octanol–water partition coefficient (Wildman–Crippen LogP) is 3.75. The van der Waals surface area contributed by atoms with Gasteiger partial charge in [0.05, 0.1) is 11.3 Å². The lowest BCUT2D eigenvalue weighted by molar-refractivity contribution is -0.137. The van der Waals surface area contributed by atoms with Crippen molar-refractivity contribution in [1.29, 1.82) is 0 Å². The standard InChI is InChI=1S/C16H19F3N4O/c1-10-14(11(2)22-21-10)8-9-23(3)15(24)20-13-6-4-12(5-7-13)16(17,18)19/h4-7H,8-9H2,1-3H3,(H,20,24)(H,21,22). The normalized spacial score (nSPS) is 11.4. The highest BCUT2D eigenvalue weighted by Crippen LogP contribution is 2.29. The highest BCUT2D eigenvalue weighted by molar-refractivity contribution is 5.89. The van der Waals surface area contributed by atoms with Crippen LogP contribution in [0.5, 0.6) is 0 Å². The van der Waals surface area contributed by atoms with Gasteiger partial charge >= 0.3 is 12.2 Å². The number of nitrogens with zero attached hydrogens (tertiary/aromatic N) is 2. The molecule has 2 aromatic rings. The van der Waals surface area contributed by atoms with E-state index in [0.717, 1.165) is 29.1 Å². The van der Waals surface area contributed by atoms with E-state index in [0.29, 0.717) is 18.7 Å². The van der Waals surface area contributed by atoms with Crippen molar-refractivity contribution in [3.05, 3.63) is 46.8 Å². The molecule has 0 radical (unpaired) electrons. The zero-order chi connectivity index (χ0) is 17.9. The molecule has 0 aliphatic carbocycles. The van der Waals surface area contributed by atoms with Crippen LogP contribution in [0, 0.1) is 13.8 Å². The average molecular weight is 340 g/mol. The quantitative estimate of drug-likeness (QED) is 0.890. The Labute approximate surface area is 137 Å². The van der Waals surface area contributed by atoms with Crippen molar-refractivity contribution in [1.82, 2.24) is 15.1 Å². The summed E-state index contributed by atoms with van der Waals surface area (Å²) in [5.41, 5.74) is 2.48. The number of carbonyl (C=O) groups excluding carboxylic acids is 1. The molecule has 0 bridgehead atoms. The molecular formula is C16H19F3N4O. The van der Waals surface area contributed by atoms with Crippen LogP contribution < -0.4 is 5.32 Å². The van der Waals surface area contributed by atoms with Gasteiger partial charge < -0.3 is 10.2 Å². The van der Waals surface area contributed by atoms with E-state index in [9.17, 15) is 18.0 Å². The Balaban J connectivity index is 1.92. The summed E-state index contributed by atoms with van der Waals surface area (Å²) in [4.78, 5) is 13.6. The van der Waals surface area contributed by atoms with E-state index in [2.05, 4.69) is 15.5 Å². The lowest BCUT2D eigenvalue weighted by atomic mass is 10.1. The van der Waals surface area contributed by atoms with Crippen molar-refractivity contribution in [2.45, 2.75) is 26.4 Å². The number of hydrogen-bond acceptors (Lipinski definition) is 2. The van der Waals surface area contributed by atoms with E-state index in [1.165, 1.54) is 17.0 Å². The van der Waals surface area contributed by atoms with Crippen molar-refractivity contribution in [2.24, 2.45) is 0 Å². The van der Waals surface area contributed by atoms with Gasteiger partial charge in [-0.25, -0.2) is 4.79 Å². The van der Waals surface area contributed by atoms with E-state index < -0.39 is 11.7 Å². The molecule has 2 amide bonds. The van der Waals surface area contributed by atoms with Crippen molar-refractivity contribution in [2.75, 3.05) is 18.9 Å². The number of anilines is 1. The van der Waals surface area contributed by atoms with Gasteiger partial charge in [-0.2, -0.15) is 18.3 Å². The first-order chi connectivity index (χ1) is 11.2. The number of alkyl halides is 3. The number of nitrogens with one attached hydrogen (secondary N) is 2. The minimum absolute atomic E-state index is 0.315. The number of amides is 2. The first-order valence-electron chi connectivity index (χ1n) is 7.38. The monoisotopic (exact) mass is 340 g/mol. The first kappa shape index (κ1) is 17.8. The zero-order valence-electron chi connectivity index (χ0n) is 13.7. The van der Waals surface area contributed by atoms with Crippen LogP contribution in [0.1, 0.15) is 22.5 Å². The van der Waals surface area contributed by atoms with E-state index in [-0.39, 0.29) is 6.03 Å². The molecule has 1 aromatic carbocycles. The maximum Gasteiger partial charge on any atom is 0.416 e. The van der Waals surface area contributed by atoms with Gasteiger partial charge in [0, 0.05) is 25.0 Å². The maximum absolute atomic E-state index is 12.5. The van der Waals surface area contributed by atoms with Crippen LogP contribution in [-0.2, 0) is 12.6 Å². The summed E-state index contributed by atoms with van der Waals surface area (Å²) in [5.74, 6) is 0. The Morgan fingerprint density at radius 2 is 1.88 bits per heavy atom. The van der Waals surface area contributed by atoms with Gasteiger partial charge in [-0.05, 0) is 50.1 Å². The predicted molar refractivity (Wildman–Crippen MR) is 84.9 cm³/mol. The van der Waals surface area contributed by atoms with Gasteiger partial charge in [-0.15, -0.1) is 0 Å². The van der Waals surface area contributed by atoms with E-state index >= 15 is 0 Å². The van der Waals surface area contributed by atoms with Gasteiger partial charge in [0.1, 0.15) is 0 Å². The first-order valence-corrected chi connectivity index (χ1v) is 7.38. The molecule has 2 rings (SSSR count). The van der Waals surface area contributed by atoms with Crippen LogP contribution in [0.3, 0.4) is 0 Å². The topological polar surface area (TPSA) is 61.0 Å². The number of urea groups is 1. The second-order valence-corrected chi connectivity index (χ2v) is 5.59. The van der Waals surface area contributed by atoms with Gasteiger partial charge in [0.25, 0.3) is 0 Å². The largest absolute Gasteiger partial charge is 0.416 e. The number of hydrogen-bond donors (Lipinski definition) is 2. The summed E-state index contributed by atoms with van der Waals surface area (Å²) in [6.07, 6.45) is -3.75. The van der Waals surface area contributed by atoms with Crippen LogP contribution in [0.4, 0.5) is 23.7 Å². The molecule has 5 nitrogen and oxygen atoms in total. The second kappa shape index (κ2) is 6.94. The van der Waals surface area contributed by atoms with Crippen molar-refractivity contribution in [3.8, 4) is 0 Å². The Kier molecular flexibility index (Phi) is 5.16. The molecule has 2 N–H and O–H groups in total. The molecule has 24 heavy (non-hydrogen) atoms. The molecular weight excluding hydrogens is 321 g/mol. The van der Waals surface area contributed by atoms with Crippen LogP contribution in [0.15, 0.2) is 24.3 Å². The summed E-state index contributed by atoms with van der Waals surface area (Å²) in [5, 5.41) is 9.56. The fourth-order valence-corrected chi connectivity index (χ4v) is 2.28. The highest BCUT2D eigenvalue weighted by atomic mass is 19.4. The van der Waals surface area contributed by atoms with Crippen LogP contribution in [0.2, 0.25) is 0 Å². The Hall–Kier alpha value is -2.51. The van der Waals surface area contributed by atoms with Crippen molar-refractivity contribution in [3.63, 3.8) is 0 Å². The number of benzene rings is 1. The molecule has 8 heteroatoms. The molecule has 0 aliphatic heterocycles. The molecule has 0 unspecified atom stereocenters. The SMILES string of the molecule is Cc1n[nH]c(C)c1CCN(C)C(=O)Nc1ccc(C(F)(F)F)cc1. The van der Waals surface area contributed by atoms with E-state index in [1.54, 1.807) is 7.05 Å². The molecule has 0 saturated heterocycles. The summed E-state index contributed by atoms with van der Waals surface area (Å²) >= 11 is 0. The fourth-order valence-electron chi connectivity index (χ4n) is 2.28. The molecule has 0 spiro atoms. The van der Waals surface area contributed by atoms with Gasteiger partial charge in [0.2, 0.25) is 0 Å². The van der Waals surface area contributed by atoms with Crippen LogP contribution in [-0.4, -0.2) is 34.7 Å². The van der Waals surface area contributed by atoms with Gasteiger partial charge in [-0.1, -0.05) is 0 Å². The van der Waals surface area contributed by atoms with Crippen LogP contribution >= 0.6 is 0 Å².